The molecule has 1 aromatic carbocycles. The molecule has 0 radical (unpaired) electrons. The minimum Gasteiger partial charge on any atom is -0.481 e. The van der Waals surface area contributed by atoms with Crippen LogP contribution in [-0.2, 0) is 25.6 Å². The smallest absolute Gasteiger partial charge is 0.316 e. The molecular weight excluding hydrogens is 302 g/mol. The van der Waals surface area contributed by atoms with E-state index in [9.17, 15) is 24.3 Å². The molecule has 0 fully saturated rings. The number of nitrogens with one attached hydrogen (secondary N) is 2. The summed E-state index contributed by atoms with van der Waals surface area (Å²) >= 11 is 0. The average molecular weight is 321 g/mol. The highest BCUT2D eigenvalue weighted by Crippen LogP contribution is 2.10. The molecular formula is C15H19N3O5. The maximum absolute atomic E-state index is 12.1. The van der Waals surface area contributed by atoms with Gasteiger partial charge in [0.1, 0.15) is 12.0 Å². The maximum Gasteiger partial charge on any atom is 0.316 e. The zero-order valence-corrected chi connectivity index (χ0v) is 12.6. The number of primary amides is 1. The SMILES string of the molecule is C[C@H](NC(=O)[C@H](Cc1ccccc1)C(=O)O)C(=O)NCC(N)=O. The zero-order valence-electron chi connectivity index (χ0n) is 12.6. The van der Waals surface area contributed by atoms with Crippen LogP contribution < -0.4 is 16.4 Å². The molecule has 0 aliphatic rings. The van der Waals surface area contributed by atoms with Gasteiger partial charge in [0.2, 0.25) is 17.7 Å². The average Bonchev–Trinajstić information content (AvgIpc) is 2.50. The van der Waals surface area contributed by atoms with Crippen LogP contribution in [0.1, 0.15) is 12.5 Å². The Kier molecular flexibility index (Phi) is 6.72. The second-order valence-electron chi connectivity index (χ2n) is 4.99. The standard InChI is InChI=1S/C15H19N3O5/c1-9(13(20)17-8-12(16)19)18-14(21)11(15(22)23)7-10-5-3-2-4-6-10/h2-6,9,11H,7-8H2,1H3,(H2,16,19)(H,17,20)(H,18,21)(H,22,23)/t9-,11-/m0/s1. The van der Waals surface area contributed by atoms with Crippen LogP contribution in [0.5, 0.6) is 0 Å². The van der Waals surface area contributed by atoms with Gasteiger partial charge in [-0.3, -0.25) is 19.2 Å². The topological polar surface area (TPSA) is 139 Å². The lowest BCUT2D eigenvalue weighted by molar-refractivity contribution is -0.147. The maximum atomic E-state index is 12.1. The first-order valence-corrected chi connectivity index (χ1v) is 6.94. The number of carboxylic acids is 1. The fraction of sp³-hybridized carbons (Fsp3) is 0.333. The summed E-state index contributed by atoms with van der Waals surface area (Å²) in [4.78, 5) is 45.6. The molecule has 0 spiro atoms. The highest BCUT2D eigenvalue weighted by Gasteiger charge is 2.28. The highest BCUT2D eigenvalue weighted by atomic mass is 16.4. The number of hydrogen-bond acceptors (Lipinski definition) is 4. The monoisotopic (exact) mass is 321 g/mol. The number of hydrogen-bond donors (Lipinski definition) is 4. The van der Waals surface area contributed by atoms with Crippen molar-refractivity contribution < 1.29 is 24.3 Å². The van der Waals surface area contributed by atoms with Crippen molar-refractivity contribution >= 4 is 23.7 Å². The number of nitrogens with two attached hydrogens (primary N) is 1. The van der Waals surface area contributed by atoms with Gasteiger partial charge < -0.3 is 21.5 Å². The Balaban J connectivity index is 2.65. The predicted molar refractivity (Wildman–Crippen MR) is 81.1 cm³/mol. The van der Waals surface area contributed by atoms with E-state index in [2.05, 4.69) is 10.6 Å². The van der Waals surface area contributed by atoms with Crippen LogP contribution in [0, 0.1) is 5.92 Å². The van der Waals surface area contributed by atoms with Crippen molar-refractivity contribution in [2.75, 3.05) is 6.54 Å². The largest absolute Gasteiger partial charge is 0.481 e. The Hall–Kier alpha value is -2.90. The van der Waals surface area contributed by atoms with Gasteiger partial charge in [-0.05, 0) is 18.9 Å². The van der Waals surface area contributed by atoms with Gasteiger partial charge >= 0.3 is 5.97 Å². The van der Waals surface area contributed by atoms with Crippen LogP contribution in [0.2, 0.25) is 0 Å². The molecule has 0 aromatic heterocycles. The first-order valence-electron chi connectivity index (χ1n) is 6.94. The van der Waals surface area contributed by atoms with Crippen molar-refractivity contribution in [3.8, 4) is 0 Å². The van der Waals surface area contributed by atoms with E-state index in [0.717, 1.165) is 0 Å². The fourth-order valence-electron chi connectivity index (χ4n) is 1.85. The number of benzene rings is 1. The van der Waals surface area contributed by atoms with Crippen LogP contribution in [0.15, 0.2) is 30.3 Å². The van der Waals surface area contributed by atoms with Gasteiger partial charge in [-0.15, -0.1) is 0 Å². The summed E-state index contributed by atoms with van der Waals surface area (Å²) in [5, 5.41) is 13.8. The zero-order chi connectivity index (χ0) is 17.4. The Morgan fingerprint density at radius 1 is 1.13 bits per heavy atom. The van der Waals surface area contributed by atoms with Crippen LogP contribution in [0.4, 0.5) is 0 Å². The number of rotatable bonds is 8. The molecule has 1 aromatic rings. The second-order valence-corrected chi connectivity index (χ2v) is 4.99. The van der Waals surface area contributed by atoms with Crippen molar-refractivity contribution in [1.29, 1.82) is 0 Å². The molecule has 23 heavy (non-hydrogen) atoms. The van der Waals surface area contributed by atoms with Gasteiger partial charge in [0, 0.05) is 0 Å². The third-order valence-electron chi connectivity index (χ3n) is 3.09. The number of carbonyl (C=O) groups excluding carboxylic acids is 3. The highest BCUT2D eigenvalue weighted by molar-refractivity contribution is 5.99. The molecule has 2 atom stereocenters. The quantitative estimate of drug-likeness (QED) is 0.457. The molecule has 0 unspecified atom stereocenters. The first-order chi connectivity index (χ1) is 10.8. The Bertz CT molecular complexity index is 588. The van der Waals surface area contributed by atoms with E-state index in [4.69, 9.17) is 5.73 Å². The lowest BCUT2D eigenvalue weighted by Gasteiger charge is -2.17. The van der Waals surface area contributed by atoms with Crippen LogP contribution >= 0.6 is 0 Å². The van der Waals surface area contributed by atoms with Crippen molar-refractivity contribution in [1.82, 2.24) is 10.6 Å². The van der Waals surface area contributed by atoms with Crippen molar-refractivity contribution in [2.45, 2.75) is 19.4 Å². The van der Waals surface area contributed by atoms with Gasteiger partial charge in [0.25, 0.3) is 0 Å². The summed E-state index contributed by atoms with van der Waals surface area (Å²) in [6.07, 6.45) is 0.0115. The Morgan fingerprint density at radius 3 is 2.26 bits per heavy atom. The normalized spacial score (nSPS) is 12.7. The Labute approximate surface area is 133 Å². The van der Waals surface area contributed by atoms with Gasteiger partial charge in [0.15, 0.2) is 0 Å². The van der Waals surface area contributed by atoms with Crippen LogP contribution in [-0.4, -0.2) is 41.4 Å². The molecule has 0 saturated carbocycles. The number of aliphatic carboxylic acids is 1. The van der Waals surface area contributed by atoms with Gasteiger partial charge in [-0.25, -0.2) is 0 Å². The summed E-state index contributed by atoms with van der Waals surface area (Å²) in [7, 11) is 0. The van der Waals surface area contributed by atoms with E-state index in [-0.39, 0.29) is 13.0 Å². The third-order valence-corrected chi connectivity index (χ3v) is 3.09. The summed E-state index contributed by atoms with van der Waals surface area (Å²) in [5.74, 6) is -4.71. The predicted octanol–water partition coefficient (Wildman–Crippen LogP) is -0.964. The van der Waals surface area contributed by atoms with E-state index in [0.29, 0.717) is 5.56 Å². The van der Waals surface area contributed by atoms with E-state index in [1.54, 1.807) is 30.3 Å². The van der Waals surface area contributed by atoms with E-state index >= 15 is 0 Å². The Morgan fingerprint density at radius 2 is 1.74 bits per heavy atom. The van der Waals surface area contributed by atoms with Gasteiger partial charge in [-0.1, -0.05) is 30.3 Å². The van der Waals surface area contributed by atoms with E-state index in [1.165, 1.54) is 6.92 Å². The molecule has 0 saturated heterocycles. The van der Waals surface area contributed by atoms with Crippen molar-refractivity contribution in [3.63, 3.8) is 0 Å². The molecule has 5 N–H and O–H groups in total. The van der Waals surface area contributed by atoms with E-state index < -0.39 is 35.7 Å². The summed E-state index contributed by atoms with van der Waals surface area (Å²) in [6, 6.07) is 7.71. The number of amides is 3. The van der Waals surface area contributed by atoms with Crippen LogP contribution in [0.25, 0.3) is 0 Å². The lowest BCUT2D eigenvalue weighted by atomic mass is 9.98. The first kappa shape index (κ1) is 18.1. The van der Waals surface area contributed by atoms with Crippen molar-refractivity contribution in [2.24, 2.45) is 11.7 Å². The fourth-order valence-corrected chi connectivity index (χ4v) is 1.85. The van der Waals surface area contributed by atoms with E-state index in [1.807, 2.05) is 0 Å². The summed E-state index contributed by atoms with van der Waals surface area (Å²) in [6.45, 7) is 1.03. The minimum atomic E-state index is -1.32. The molecule has 8 heteroatoms. The molecule has 0 bridgehead atoms. The molecule has 1 rings (SSSR count). The molecule has 3 amide bonds. The lowest BCUT2D eigenvalue weighted by Crippen LogP contribution is -2.49. The molecule has 0 aliphatic carbocycles. The molecule has 0 aliphatic heterocycles. The van der Waals surface area contributed by atoms with Gasteiger partial charge in [-0.2, -0.15) is 0 Å². The molecule has 0 heterocycles. The minimum absolute atomic E-state index is 0.0115. The molecule has 8 nitrogen and oxygen atoms in total. The molecule has 124 valence electrons. The summed E-state index contributed by atoms with van der Waals surface area (Å²) in [5.41, 5.74) is 5.59. The second kappa shape index (κ2) is 8.52. The van der Waals surface area contributed by atoms with Crippen molar-refractivity contribution in [3.05, 3.63) is 35.9 Å². The van der Waals surface area contributed by atoms with Gasteiger partial charge in [0.05, 0.1) is 6.54 Å². The number of carboxylic acid groups (broad SMARTS) is 1. The summed E-state index contributed by atoms with van der Waals surface area (Å²) < 4.78 is 0. The van der Waals surface area contributed by atoms with Crippen LogP contribution in [0.3, 0.4) is 0 Å². The third kappa shape index (κ3) is 6.16. The number of carbonyl (C=O) groups is 4.